The Labute approximate surface area is 212 Å². The van der Waals surface area contributed by atoms with E-state index in [9.17, 15) is 14.4 Å². The van der Waals surface area contributed by atoms with Crippen molar-refractivity contribution in [2.24, 2.45) is 5.92 Å². The molecule has 1 atom stereocenters. The quantitative estimate of drug-likeness (QED) is 0.550. The molecular weight excluding hydrogens is 497 g/mol. The summed E-state index contributed by atoms with van der Waals surface area (Å²) in [5.74, 6) is -0.0777. The van der Waals surface area contributed by atoms with Crippen molar-refractivity contribution in [3.05, 3.63) is 39.8 Å². The minimum absolute atomic E-state index is 0.115. The molecule has 8 nitrogen and oxygen atoms in total. The van der Waals surface area contributed by atoms with E-state index in [0.29, 0.717) is 34.7 Å². The van der Waals surface area contributed by atoms with Crippen molar-refractivity contribution < 1.29 is 14.4 Å². The van der Waals surface area contributed by atoms with Crippen LogP contribution in [0.5, 0.6) is 0 Å². The van der Waals surface area contributed by atoms with E-state index >= 15 is 0 Å². The molecule has 1 aromatic carbocycles. The molecule has 2 heterocycles. The van der Waals surface area contributed by atoms with Crippen molar-refractivity contribution in [3.8, 4) is 0 Å². The first-order valence-corrected chi connectivity index (χ1v) is 13.1. The van der Waals surface area contributed by atoms with Gasteiger partial charge < -0.3 is 20.4 Å². The number of piperazine rings is 1. The first-order chi connectivity index (χ1) is 16.4. The van der Waals surface area contributed by atoms with Gasteiger partial charge >= 0.3 is 6.03 Å². The van der Waals surface area contributed by atoms with Crippen molar-refractivity contribution >= 4 is 63.2 Å². The molecule has 2 aromatic rings. The molecule has 182 valence electrons. The number of benzene rings is 1. The Morgan fingerprint density at radius 3 is 2.65 bits per heavy atom. The molecule has 1 aliphatic heterocycles. The van der Waals surface area contributed by atoms with Crippen LogP contribution in [-0.4, -0.2) is 58.3 Å². The first-order valence-electron chi connectivity index (χ1n) is 11.4. The largest absolute Gasteiger partial charge is 0.327 e. The number of aromatic nitrogens is 1. The predicted octanol–water partition coefficient (Wildman–Crippen LogP) is 5.10. The lowest BCUT2D eigenvalue weighted by atomic mass is 9.84. The summed E-state index contributed by atoms with van der Waals surface area (Å²) >= 11 is 13.5. The molecule has 1 aromatic heterocycles. The van der Waals surface area contributed by atoms with Gasteiger partial charge in [0.15, 0.2) is 5.13 Å². The molecule has 1 saturated carbocycles. The number of carbonyl (C=O) groups is 3. The van der Waals surface area contributed by atoms with Crippen LogP contribution in [0.4, 0.5) is 15.6 Å². The smallest absolute Gasteiger partial charge is 0.322 e. The van der Waals surface area contributed by atoms with Gasteiger partial charge in [-0.15, -0.1) is 11.3 Å². The minimum atomic E-state index is -0.591. The average Bonchev–Trinajstić information content (AvgIpc) is 3.34. The summed E-state index contributed by atoms with van der Waals surface area (Å²) < 4.78 is 0. The normalized spacial score (nSPS) is 18.0. The zero-order valence-corrected chi connectivity index (χ0v) is 21.0. The topological polar surface area (TPSA) is 94.6 Å². The maximum absolute atomic E-state index is 13.2. The number of rotatable bonds is 6. The molecule has 34 heavy (non-hydrogen) atoms. The van der Waals surface area contributed by atoms with E-state index < -0.39 is 12.1 Å². The lowest BCUT2D eigenvalue weighted by Gasteiger charge is -2.39. The Hall–Kier alpha value is -2.36. The number of thiazole rings is 1. The fraction of sp³-hybridized carbons (Fsp3) is 0.478. The van der Waals surface area contributed by atoms with Gasteiger partial charge in [0.05, 0.1) is 15.7 Å². The van der Waals surface area contributed by atoms with Crippen molar-refractivity contribution in [3.63, 3.8) is 0 Å². The molecule has 0 spiro atoms. The van der Waals surface area contributed by atoms with Crippen molar-refractivity contribution in [1.29, 1.82) is 0 Å². The summed E-state index contributed by atoms with van der Waals surface area (Å²) in [5, 5.41) is 8.46. The third-order valence-electron chi connectivity index (χ3n) is 6.36. The van der Waals surface area contributed by atoms with Crippen LogP contribution in [0.2, 0.25) is 10.0 Å². The average molecular weight is 524 g/mol. The molecule has 1 aliphatic carbocycles. The van der Waals surface area contributed by atoms with E-state index in [2.05, 4.69) is 15.6 Å². The molecule has 4 amide bonds. The molecule has 0 bridgehead atoms. The number of carbonyl (C=O) groups excluding carboxylic acids is 3. The van der Waals surface area contributed by atoms with Gasteiger partial charge in [-0.2, -0.15) is 0 Å². The molecule has 4 rings (SSSR count). The molecule has 0 unspecified atom stereocenters. The molecule has 2 fully saturated rings. The molecule has 0 radical (unpaired) electrons. The summed E-state index contributed by atoms with van der Waals surface area (Å²) in [6.07, 6.45) is 7.91. The highest BCUT2D eigenvalue weighted by atomic mass is 35.5. The van der Waals surface area contributed by atoms with Crippen molar-refractivity contribution in [1.82, 2.24) is 14.8 Å². The summed E-state index contributed by atoms with van der Waals surface area (Å²) in [7, 11) is 0. The number of hydrogen-bond donors (Lipinski definition) is 2. The van der Waals surface area contributed by atoms with Gasteiger partial charge in [0.1, 0.15) is 12.6 Å². The van der Waals surface area contributed by atoms with E-state index in [1.54, 1.807) is 34.7 Å². The molecule has 11 heteroatoms. The fourth-order valence-corrected chi connectivity index (χ4v) is 5.45. The third kappa shape index (κ3) is 6.00. The number of anilines is 2. The van der Waals surface area contributed by atoms with Crippen LogP contribution < -0.4 is 10.6 Å². The zero-order chi connectivity index (χ0) is 24.1. The highest BCUT2D eigenvalue weighted by Gasteiger charge is 2.37. The lowest BCUT2D eigenvalue weighted by Crippen LogP contribution is -2.59. The fourth-order valence-electron chi connectivity index (χ4n) is 4.57. The van der Waals surface area contributed by atoms with E-state index in [4.69, 9.17) is 23.2 Å². The van der Waals surface area contributed by atoms with Gasteiger partial charge in [0.25, 0.3) is 0 Å². The van der Waals surface area contributed by atoms with Gasteiger partial charge in [-0.05, 0) is 24.5 Å². The van der Waals surface area contributed by atoms with Gasteiger partial charge in [0.2, 0.25) is 11.8 Å². The van der Waals surface area contributed by atoms with Crippen LogP contribution in [-0.2, 0) is 9.59 Å². The summed E-state index contributed by atoms with van der Waals surface area (Å²) in [6, 6.07) is 3.93. The Morgan fingerprint density at radius 1 is 1.15 bits per heavy atom. The number of hydrogen-bond acceptors (Lipinski definition) is 5. The monoisotopic (exact) mass is 523 g/mol. The second-order valence-electron chi connectivity index (χ2n) is 8.62. The van der Waals surface area contributed by atoms with Crippen LogP contribution in [0.15, 0.2) is 29.8 Å². The minimum Gasteiger partial charge on any atom is -0.327 e. The summed E-state index contributed by atoms with van der Waals surface area (Å²) in [4.78, 5) is 46.3. The second-order valence-corrected chi connectivity index (χ2v) is 10.3. The van der Waals surface area contributed by atoms with Gasteiger partial charge in [-0.25, -0.2) is 9.78 Å². The van der Waals surface area contributed by atoms with E-state index in [1.165, 1.54) is 22.7 Å². The second kappa shape index (κ2) is 11.4. The molecule has 1 saturated heterocycles. The number of amides is 4. The number of halogens is 2. The van der Waals surface area contributed by atoms with Crippen LogP contribution in [0.3, 0.4) is 0 Å². The van der Waals surface area contributed by atoms with Crippen LogP contribution in [0, 0.1) is 5.92 Å². The SMILES string of the molecule is O=C(Nc1nccs1)[C@H](CC1CCCCC1)N1CCN(C(=O)Nc2cccc(Cl)c2Cl)CC1=O. The molecule has 2 N–H and O–H groups in total. The number of nitrogens with zero attached hydrogens (tertiary/aromatic N) is 3. The predicted molar refractivity (Wildman–Crippen MR) is 134 cm³/mol. The number of nitrogens with one attached hydrogen (secondary N) is 2. The third-order valence-corrected chi connectivity index (χ3v) is 7.87. The highest BCUT2D eigenvalue weighted by Crippen LogP contribution is 2.31. The van der Waals surface area contributed by atoms with Gasteiger partial charge in [0, 0.05) is 24.7 Å². The highest BCUT2D eigenvalue weighted by molar-refractivity contribution is 7.13. The Balaban J connectivity index is 1.43. The Bertz CT molecular complexity index is 1030. The maximum Gasteiger partial charge on any atom is 0.322 e. The van der Waals surface area contributed by atoms with Crippen LogP contribution >= 0.6 is 34.5 Å². The van der Waals surface area contributed by atoms with Crippen LogP contribution in [0.1, 0.15) is 38.5 Å². The lowest BCUT2D eigenvalue weighted by molar-refractivity contribution is -0.142. The Morgan fingerprint density at radius 2 is 1.94 bits per heavy atom. The van der Waals surface area contributed by atoms with E-state index in [-0.39, 0.29) is 29.9 Å². The zero-order valence-electron chi connectivity index (χ0n) is 18.6. The standard InChI is InChI=1S/C23H27Cl2N5O3S/c24-16-7-4-8-17(20(16)25)27-23(33)29-10-11-30(19(31)14-29)18(13-15-5-2-1-3-6-15)21(32)28-22-26-9-12-34-22/h4,7-9,12,15,18H,1-3,5-6,10-11,13-14H2,(H,27,33)(H,26,28,32)/t18-/m0/s1. The molecule has 2 aliphatic rings. The van der Waals surface area contributed by atoms with Crippen LogP contribution in [0.25, 0.3) is 0 Å². The van der Waals surface area contributed by atoms with Crippen molar-refractivity contribution in [2.75, 3.05) is 30.3 Å². The first kappa shape index (κ1) is 24.8. The maximum atomic E-state index is 13.2. The van der Waals surface area contributed by atoms with Gasteiger partial charge in [-0.3, -0.25) is 9.59 Å². The van der Waals surface area contributed by atoms with E-state index in [1.807, 2.05) is 0 Å². The summed E-state index contributed by atoms with van der Waals surface area (Å²) in [6.45, 7) is 0.468. The number of urea groups is 1. The van der Waals surface area contributed by atoms with Gasteiger partial charge in [-0.1, -0.05) is 61.4 Å². The summed E-state index contributed by atoms with van der Waals surface area (Å²) in [5.41, 5.74) is 0.382. The Kier molecular flexibility index (Phi) is 8.28. The van der Waals surface area contributed by atoms with Crippen molar-refractivity contribution in [2.45, 2.75) is 44.6 Å². The molecular formula is C23H27Cl2N5O3S. The van der Waals surface area contributed by atoms with E-state index in [0.717, 1.165) is 25.7 Å².